The van der Waals surface area contributed by atoms with Crippen LogP contribution in [0.5, 0.6) is 0 Å². The highest BCUT2D eigenvalue weighted by atomic mass is 35.6. The van der Waals surface area contributed by atoms with Crippen molar-refractivity contribution in [3.05, 3.63) is 0 Å². The van der Waals surface area contributed by atoms with Gasteiger partial charge in [0.2, 0.25) is 5.78 Å². The zero-order valence-corrected chi connectivity index (χ0v) is 11.6. The molecule has 0 aliphatic heterocycles. The van der Waals surface area contributed by atoms with E-state index < -0.39 is 13.4 Å². The fourth-order valence-electron chi connectivity index (χ4n) is 0.161. The molecule has 0 N–H and O–H groups in total. The first kappa shape index (κ1) is 17.5. The van der Waals surface area contributed by atoms with Crippen molar-refractivity contribution < 1.29 is 9.59 Å². The Morgan fingerprint density at radius 1 is 0.786 bits per heavy atom. The predicted molar refractivity (Wildman–Crippen MR) is 61.9 cm³/mol. The highest BCUT2D eigenvalue weighted by Crippen LogP contribution is 2.39. The summed E-state index contributed by atoms with van der Waals surface area (Å²) in [5, 5.41) is 0. The summed E-state index contributed by atoms with van der Waals surface area (Å²) in [5.41, 5.74) is 0. The summed E-state index contributed by atoms with van der Waals surface area (Å²) >= 11 is 30.6. The van der Waals surface area contributed by atoms with Crippen LogP contribution < -0.4 is 0 Å². The molecule has 84 valence electrons. The molecule has 0 fully saturated rings. The third-order valence-corrected chi connectivity index (χ3v) is 1.54. The molecule has 0 saturated carbocycles. The second-order valence-corrected chi connectivity index (χ2v) is 6.80. The van der Waals surface area contributed by atoms with Crippen molar-refractivity contribution in [1.82, 2.24) is 0 Å². The van der Waals surface area contributed by atoms with Crippen LogP contribution in [0.25, 0.3) is 0 Å². The molecule has 0 aliphatic carbocycles. The van der Waals surface area contributed by atoms with Crippen LogP contribution in [0, 0.1) is 0 Å². The second kappa shape index (κ2) is 6.62. The molecule has 0 atom stereocenters. The first-order valence-corrected chi connectivity index (χ1v) is 5.31. The van der Waals surface area contributed by atoms with Crippen LogP contribution in [0.4, 0.5) is 0 Å². The Balaban J connectivity index is 0. The molecule has 0 aromatic heterocycles. The van der Waals surface area contributed by atoms with E-state index >= 15 is 0 Å². The third kappa shape index (κ3) is 11.2. The molecule has 0 radical (unpaired) electrons. The molecule has 0 bridgehead atoms. The first-order valence-electron chi connectivity index (χ1n) is 3.04. The number of carbonyl (C=O) groups excluding carboxylic acids is 2. The number of ketones is 2. The summed E-state index contributed by atoms with van der Waals surface area (Å²) < 4.78 is -4.35. The molecule has 0 aliphatic rings. The zero-order chi connectivity index (χ0) is 12.2. The smallest absolute Gasteiger partial charge is 0.253 e. The molecular formula is C6H6Cl6O2. The van der Waals surface area contributed by atoms with Gasteiger partial charge in [-0.1, -0.05) is 69.6 Å². The Kier molecular flexibility index (Phi) is 8.26. The molecular weight excluding hydrogens is 317 g/mol. The molecule has 0 saturated heterocycles. The lowest BCUT2D eigenvalue weighted by Gasteiger charge is -2.14. The number of hydrogen-bond acceptors (Lipinski definition) is 2. The largest absolute Gasteiger partial charge is 0.300 e. The topological polar surface area (TPSA) is 34.1 Å². The minimum atomic E-state index is -2.18. The summed E-state index contributed by atoms with van der Waals surface area (Å²) in [6, 6.07) is 0. The van der Waals surface area contributed by atoms with Crippen LogP contribution in [0.2, 0.25) is 0 Å². The summed E-state index contributed by atoms with van der Waals surface area (Å²) in [5.74, 6) is -0.921. The number of carbonyl (C=O) groups is 2. The van der Waals surface area contributed by atoms with E-state index in [4.69, 9.17) is 69.6 Å². The van der Waals surface area contributed by atoms with Crippen molar-refractivity contribution in [2.24, 2.45) is 0 Å². The zero-order valence-electron chi connectivity index (χ0n) is 7.08. The number of Topliss-reactive ketones (excluding diaryl/α,β-unsaturated/α-hetero) is 2. The molecule has 8 heteroatoms. The van der Waals surface area contributed by atoms with Gasteiger partial charge in [-0.05, 0) is 13.8 Å². The Labute approximate surface area is 112 Å². The van der Waals surface area contributed by atoms with Crippen molar-refractivity contribution in [2.45, 2.75) is 21.4 Å². The van der Waals surface area contributed by atoms with E-state index in [-0.39, 0.29) is 5.78 Å². The second-order valence-electron chi connectivity index (χ2n) is 2.23. The van der Waals surface area contributed by atoms with Gasteiger partial charge in [0.25, 0.3) is 7.59 Å². The minimum Gasteiger partial charge on any atom is -0.300 e. The highest BCUT2D eigenvalue weighted by molar-refractivity contribution is 6.86. The van der Waals surface area contributed by atoms with Gasteiger partial charge in [0.05, 0.1) is 0 Å². The number of halogens is 6. The van der Waals surface area contributed by atoms with E-state index in [0.717, 1.165) is 0 Å². The Bertz CT molecular complexity index is 193. The Morgan fingerprint density at radius 2 is 0.929 bits per heavy atom. The molecule has 0 aromatic rings. The van der Waals surface area contributed by atoms with Crippen LogP contribution in [-0.2, 0) is 9.59 Å². The van der Waals surface area contributed by atoms with Gasteiger partial charge in [-0.25, -0.2) is 0 Å². The van der Waals surface area contributed by atoms with Crippen LogP contribution in [0.15, 0.2) is 0 Å². The Hall–Kier alpha value is 1.08. The van der Waals surface area contributed by atoms with Crippen LogP contribution >= 0.6 is 69.6 Å². The maximum absolute atomic E-state index is 10.7. The molecule has 0 rings (SSSR count). The molecule has 0 heterocycles. The number of hydrogen-bond donors (Lipinski definition) is 0. The van der Waals surface area contributed by atoms with Gasteiger partial charge in [0.15, 0.2) is 0 Å². The van der Waals surface area contributed by atoms with Crippen LogP contribution in [-0.4, -0.2) is 19.2 Å². The van der Waals surface area contributed by atoms with Crippen molar-refractivity contribution in [1.29, 1.82) is 0 Å². The molecule has 0 amide bonds. The average Bonchev–Trinajstić information content (AvgIpc) is 1.80. The fourth-order valence-corrected chi connectivity index (χ4v) is 1.45. The molecule has 14 heavy (non-hydrogen) atoms. The van der Waals surface area contributed by atoms with Gasteiger partial charge >= 0.3 is 0 Å². The standard InChI is InChI=1S/C3Cl6O.C3H6O/c4-2(5,6)1(10)3(7,8)9;1-3(2)4/h;1-2H3. The summed E-state index contributed by atoms with van der Waals surface area (Å²) in [6.07, 6.45) is 0. The first-order chi connectivity index (χ1) is 5.89. The SMILES string of the molecule is CC(C)=O.O=C(C(Cl)(Cl)Cl)C(Cl)(Cl)Cl. The van der Waals surface area contributed by atoms with Crippen molar-refractivity contribution in [3.8, 4) is 0 Å². The van der Waals surface area contributed by atoms with Gasteiger partial charge in [0.1, 0.15) is 5.78 Å². The maximum atomic E-state index is 10.7. The average molecular weight is 323 g/mol. The van der Waals surface area contributed by atoms with Crippen molar-refractivity contribution >= 4 is 81.2 Å². The van der Waals surface area contributed by atoms with E-state index in [1.807, 2.05) is 0 Å². The quantitative estimate of drug-likeness (QED) is 0.634. The third-order valence-electron chi connectivity index (χ3n) is 0.515. The van der Waals surface area contributed by atoms with Crippen LogP contribution in [0.1, 0.15) is 13.8 Å². The van der Waals surface area contributed by atoms with Gasteiger partial charge in [-0.3, -0.25) is 4.79 Å². The van der Waals surface area contributed by atoms with Crippen molar-refractivity contribution in [2.75, 3.05) is 0 Å². The van der Waals surface area contributed by atoms with Gasteiger partial charge < -0.3 is 4.79 Å². The van der Waals surface area contributed by atoms with E-state index in [2.05, 4.69) is 0 Å². The van der Waals surface area contributed by atoms with Gasteiger partial charge in [-0.15, -0.1) is 0 Å². The lowest BCUT2D eigenvalue weighted by atomic mass is 10.5. The molecule has 0 spiro atoms. The summed E-state index contributed by atoms with van der Waals surface area (Å²) in [7, 11) is 0. The maximum Gasteiger partial charge on any atom is 0.253 e. The minimum absolute atomic E-state index is 0.167. The van der Waals surface area contributed by atoms with Gasteiger partial charge in [0, 0.05) is 0 Å². The number of alkyl halides is 6. The molecule has 0 aromatic carbocycles. The summed E-state index contributed by atoms with van der Waals surface area (Å²) in [6.45, 7) is 3.06. The van der Waals surface area contributed by atoms with E-state index in [1.54, 1.807) is 0 Å². The monoisotopic (exact) mass is 320 g/mol. The highest BCUT2D eigenvalue weighted by Gasteiger charge is 2.44. The van der Waals surface area contributed by atoms with Crippen molar-refractivity contribution in [3.63, 3.8) is 0 Å². The normalized spacial score (nSPS) is 11.4. The van der Waals surface area contributed by atoms with E-state index in [1.165, 1.54) is 13.8 Å². The number of rotatable bonds is 0. The van der Waals surface area contributed by atoms with E-state index in [9.17, 15) is 9.59 Å². The van der Waals surface area contributed by atoms with Crippen LogP contribution in [0.3, 0.4) is 0 Å². The molecule has 0 unspecified atom stereocenters. The Morgan fingerprint density at radius 3 is 0.929 bits per heavy atom. The van der Waals surface area contributed by atoms with E-state index in [0.29, 0.717) is 0 Å². The summed E-state index contributed by atoms with van der Waals surface area (Å²) in [4.78, 5) is 20.1. The fraction of sp³-hybridized carbons (Fsp3) is 0.667. The lowest BCUT2D eigenvalue weighted by molar-refractivity contribution is -0.117. The molecule has 2 nitrogen and oxygen atoms in total. The predicted octanol–water partition coefficient (Wildman–Crippen LogP) is 3.89. The van der Waals surface area contributed by atoms with Gasteiger partial charge in [-0.2, -0.15) is 0 Å². The lowest BCUT2D eigenvalue weighted by Crippen LogP contribution is -2.31.